The van der Waals surface area contributed by atoms with Gasteiger partial charge < -0.3 is 10.0 Å². The van der Waals surface area contributed by atoms with Crippen LogP contribution >= 0.6 is 0 Å². The predicted molar refractivity (Wildman–Crippen MR) is 67.6 cm³/mol. The molecule has 1 aromatic carbocycles. The second-order valence-corrected chi connectivity index (χ2v) is 5.40. The first-order chi connectivity index (χ1) is 10.4. The smallest absolute Gasteiger partial charge is 0.380 e. The van der Waals surface area contributed by atoms with Gasteiger partial charge in [0.25, 0.3) is 5.91 Å². The number of carbonyl (C=O) groups is 1. The molecule has 9 heteroatoms. The molecule has 0 aromatic heterocycles. The Kier molecular flexibility index (Phi) is 4.36. The quantitative estimate of drug-likeness (QED) is 0.797. The van der Waals surface area contributed by atoms with Crippen molar-refractivity contribution < 1.29 is 36.2 Å². The molecule has 1 aliphatic rings. The molecule has 0 aliphatic carbocycles. The van der Waals surface area contributed by atoms with E-state index in [4.69, 9.17) is 0 Å². The van der Waals surface area contributed by atoms with Crippen LogP contribution in [-0.4, -0.2) is 40.8 Å². The van der Waals surface area contributed by atoms with E-state index in [1.165, 1.54) is 0 Å². The number of nitrogens with zero attached hydrogens (tertiary/aromatic N) is 1. The second-order valence-electron chi connectivity index (χ2n) is 5.40. The van der Waals surface area contributed by atoms with E-state index in [0.717, 1.165) is 29.2 Å². The lowest BCUT2D eigenvalue weighted by molar-refractivity contribution is -0.271. The van der Waals surface area contributed by atoms with Crippen LogP contribution in [0.2, 0.25) is 0 Å². The Balaban J connectivity index is 2.06. The van der Waals surface area contributed by atoms with Crippen LogP contribution in [0.4, 0.5) is 26.3 Å². The van der Waals surface area contributed by atoms with Crippen molar-refractivity contribution in [3.63, 3.8) is 0 Å². The summed E-state index contributed by atoms with van der Waals surface area (Å²) in [5.74, 6) is -0.664. The van der Waals surface area contributed by atoms with Crippen molar-refractivity contribution in [2.45, 2.75) is 30.8 Å². The molecular formula is C14H13F6NO2. The van der Waals surface area contributed by atoms with E-state index in [1.54, 1.807) is 0 Å². The highest BCUT2D eigenvalue weighted by Crippen LogP contribution is 2.38. The lowest BCUT2D eigenvalue weighted by Crippen LogP contribution is -2.54. The monoisotopic (exact) mass is 341 g/mol. The number of halogens is 6. The highest BCUT2D eigenvalue weighted by Gasteiger charge is 2.54. The zero-order chi connectivity index (χ0) is 17.5. The molecule has 128 valence electrons. The molecule has 0 spiro atoms. The van der Waals surface area contributed by atoms with Gasteiger partial charge in [-0.1, -0.05) is 0 Å². The maximum atomic E-state index is 12.7. The highest BCUT2D eigenvalue weighted by molar-refractivity contribution is 5.94. The van der Waals surface area contributed by atoms with Gasteiger partial charge in [-0.05, 0) is 24.3 Å². The van der Waals surface area contributed by atoms with Gasteiger partial charge in [-0.15, -0.1) is 0 Å². The maximum Gasteiger partial charge on any atom is 0.417 e. The number of benzene rings is 1. The van der Waals surface area contributed by atoms with Crippen molar-refractivity contribution in [3.05, 3.63) is 35.4 Å². The van der Waals surface area contributed by atoms with Crippen LogP contribution in [0.15, 0.2) is 24.3 Å². The number of likely N-dealkylation sites (tertiary alicyclic amines) is 1. The van der Waals surface area contributed by atoms with Crippen LogP contribution in [-0.2, 0) is 6.18 Å². The number of piperidine rings is 1. The first-order valence-electron chi connectivity index (χ1n) is 6.70. The molecule has 1 aromatic rings. The van der Waals surface area contributed by atoms with Crippen molar-refractivity contribution in [3.8, 4) is 0 Å². The summed E-state index contributed by atoms with van der Waals surface area (Å²) in [6.07, 6.45) is -10.6. The van der Waals surface area contributed by atoms with E-state index in [1.807, 2.05) is 0 Å². The minimum atomic E-state index is -4.78. The molecule has 0 unspecified atom stereocenters. The average molecular weight is 341 g/mol. The molecular weight excluding hydrogens is 328 g/mol. The Hall–Kier alpha value is -1.77. The first-order valence-corrected chi connectivity index (χ1v) is 6.70. The molecule has 0 bridgehead atoms. The Morgan fingerprint density at radius 3 is 1.87 bits per heavy atom. The Bertz CT molecular complexity index is 570. The summed E-state index contributed by atoms with van der Waals surface area (Å²) in [6.45, 7) is -0.647. The normalized spacial score (nSPS) is 18.8. The number of rotatable bonds is 1. The van der Waals surface area contributed by atoms with Crippen LogP contribution in [0, 0.1) is 0 Å². The molecule has 1 fully saturated rings. The van der Waals surface area contributed by atoms with Gasteiger partial charge in [0.05, 0.1) is 5.56 Å². The summed E-state index contributed by atoms with van der Waals surface area (Å²) < 4.78 is 75.3. The van der Waals surface area contributed by atoms with E-state index in [9.17, 15) is 36.2 Å². The number of aliphatic hydroxyl groups is 1. The first kappa shape index (κ1) is 17.6. The largest absolute Gasteiger partial charge is 0.417 e. The molecule has 23 heavy (non-hydrogen) atoms. The van der Waals surface area contributed by atoms with Crippen LogP contribution < -0.4 is 0 Å². The number of alkyl halides is 6. The number of amides is 1. The Labute approximate surface area is 127 Å². The van der Waals surface area contributed by atoms with Gasteiger partial charge in [-0.3, -0.25) is 4.79 Å². The summed E-state index contributed by atoms with van der Waals surface area (Å²) in [6, 6.07) is 3.44. The minimum Gasteiger partial charge on any atom is -0.380 e. The van der Waals surface area contributed by atoms with E-state index in [-0.39, 0.29) is 18.7 Å². The highest BCUT2D eigenvalue weighted by atomic mass is 19.4. The third-order valence-corrected chi connectivity index (χ3v) is 3.86. The van der Waals surface area contributed by atoms with Crippen molar-refractivity contribution >= 4 is 5.91 Å². The zero-order valence-electron chi connectivity index (χ0n) is 11.7. The van der Waals surface area contributed by atoms with E-state index >= 15 is 0 Å². The van der Waals surface area contributed by atoms with Crippen molar-refractivity contribution in [1.29, 1.82) is 0 Å². The van der Waals surface area contributed by atoms with Gasteiger partial charge >= 0.3 is 12.4 Å². The van der Waals surface area contributed by atoms with Gasteiger partial charge in [-0.25, -0.2) is 0 Å². The minimum absolute atomic E-state index is 0.0459. The van der Waals surface area contributed by atoms with Gasteiger partial charge in [0.1, 0.15) is 0 Å². The topological polar surface area (TPSA) is 40.5 Å². The number of hydrogen-bond donors (Lipinski definition) is 1. The van der Waals surface area contributed by atoms with Gasteiger partial charge in [-0.2, -0.15) is 26.3 Å². The van der Waals surface area contributed by atoms with E-state index < -0.39 is 42.3 Å². The maximum absolute atomic E-state index is 12.7. The van der Waals surface area contributed by atoms with Crippen molar-refractivity contribution in [2.75, 3.05) is 13.1 Å². The third-order valence-electron chi connectivity index (χ3n) is 3.86. The van der Waals surface area contributed by atoms with Crippen LogP contribution in [0.25, 0.3) is 0 Å². The van der Waals surface area contributed by atoms with Gasteiger partial charge in [0.15, 0.2) is 5.60 Å². The second kappa shape index (κ2) is 5.70. The van der Waals surface area contributed by atoms with E-state index in [0.29, 0.717) is 0 Å². The van der Waals surface area contributed by atoms with Gasteiger partial charge in [0, 0.05) is 31.5 Å². The Morgan fingerprint density at radius 2 is 1.48 bits per heavy atom. The number of carbonyl (C=O) groups excluding carboxylic acids is 1. The number of hydrogen-bond acceptors (Lipinski definition) is 2. The van der Waals surface area contributed by atoms with Crippen LogP contribution in [0.5, 0.6) is 0 Å². The molecule has 1 aliphatic heterocycles. The summed E-state index contributed by atoms with van der Waals surface area (Å²) in [4.78, 5) is 13.2. The molecule has 0 saturated carbocycles. The zero-order valence-corrected chi connectivity index (χ0v) is 11.7. The van der Waals surface area contributed by atoms with Gasteiger partial charge in [0.2, 0.25) is 0 Å². The summed E-state index contributed by atoms with van der Waals surface area (Å²) in [5, 5.41) is 9.52. The fraction of sp³-hybridized carbons (Fsp3) is 0.500. The van der Waals surface area contributed by atoms with Crippen LogP contribution in [0.1, 0.15) is 28.8 Å². The molecule has 3 nitrogen and oxygen atoms in total. The lowest BCUT2D eigenvalue weighted by atomic mass is 9.90. The van der Waals surface area contributed by atoms with Crippen molar-refractivity contribution in [2.24, 2.45) is 0 Å². The summed E-state index contributed by atoms with van der Waals surface area (Å²) in [5.41, 5.74) is -3.79. The SMILES string of the molecule is O=C(c1ccc(C(F)(F)F)cc1)N1CCC(O)(C(F)(F)F)CC1. The molecule has 0 radical (unpaired) electrons. The molecule has 1 saturated heterocycles. The Morgan fingerprint density at radius 1 is 1.00 bits per heavy atom. The molecule has 0 atom stereocenters. The lowest BCUT2D eigenvalue weighted by Gasteiger charge is -2.39. The standard InChI is InChI=1S/C14H13F6NO2/c15-13(16,17)10-3-1-9(2-4-10)11(22)21-7-5-12(23,6-8-21)14(18,19)20/h1-4,23H,5-8H2. The third kappa shape index (κ3) is 3.60. The predicted octanol–water partition coefficient (Wildman–Crippen LogP) is 3.23. The van der Waals surface area contributed by atoms with E-state index in [2.05, 4.69) is 0 Å². The molecule has 1 amide bonds. The average Bonchev–Trinajstić information content (AvgIpc) is 2.45. The fourth-order valence-corrected chi connectivity index (χ4v) is 2.35. The van der Waals surface area contributed by atoms with Crippen molar-refractivity contribution in [1.82, 2.24) is 4.90 Å². The molecule has 1 N–H and O–H groups in total. The molecule has 2 rings (SSSR count). The fourth-order valence-electron chi connectivity index (χ4n) is 2.35. The molecule has 1 heterocycles. The summed E-state index contributed by atoms with van der Waals surface area (Å²) >= 11 is 0. The van der Waals surface area contributed by atoms with Crippen LogP contribution in [0.3, 0.4) is 0 Å². The summed E-state index contributed by atoms with van der Waals surface area (Å²) in [7, 11) is 0.